The largest absolute Gasteiger partial charge is 0.343 e. The van der Waals surface area contributed by atoms with E-state index < -0.39 is 0 Å². The summed E-state index contributed by atoms with van der Waals surface area (Å²) >= 11 is 0. The zero-order valence-corrected chi connectivity index (χ0v) is 12.8. The van der Waals surface area contributed by atoms with Crippen LogP contribution in [0.25, 0.3) is 11.3 Å². The Labute approximate surface area is 138 Å². The molecule has 0 fully saturated rings. The minimum absolute atomic E-state index is 0.0873. The van der Waals surface area contributed by atoms with Crippen molar-refractivity contribution in [1.82, 2.24) is 15.5 Å². The molecule has 24 heavy (non-hydrogen) atoms. The Morgan fingerprint density at radius 2 is 1.71 bits per heavy atom. The molecule has 2 aromatic carbocycles. The predicted molar refractivity (Wildman–Crippen MR) is 91.4 cm³/mol. The molecule has 0 aliphatic carbocycles. The van der Waals surface area contributed by atoms with E-state index in [9.17, 15) is 9.59 Å². The second-order valence-electron chi connectivity index (χ2n) is 5.14. The Bertz CT molecular complexity index is 812. The first-order chi connectivity index (χ1) is 11.7. The second-order valence-corrected chi connectivity index (χ2v) is 5.14. The minimum Gasteiger partial charge on any atom is -0.343 e. The first-order valence-electron chi connectivity index (χ1n) is 7.45. The zero-order valence-electron chi connectivity index (χ0n) is 12.8. The number of carbonyl (C=O) groups excluding carboxylic acids is 2. The van der Waals surface area contributed by atoms with Gasteiger partial charge in [0.25, 0.3) is 5.91 Å². The Morgan fingerprint density at radius 1 is 0.958 bits per heavy atom. The lowest BCUT2D eigenvalue weighted by Gasteiger charge is -2.07. The number of aromatic amines is 1. The summed E-state index contributed by atoms with van der Waals surface area (Å²) in [6.45, 7) is -0.0873. The maximum atomic E-state index is 11.9. The SMILES string of the molecule is O=C(CNC(=O)c1ccccc1)Nc1ccc(-c2ccn[nH]2)cc1. The number of rotatable bonds is 5. The molecular formula is C18H16N4O2. The summed E-state index contributed by atoms with van der Waals surface area (Å²) in [4.78, 5) is 23.8. The van der Waals surface area contributed by atoms with E-state index in [1.165, 1.54) is 0 Å². The summed E-state index contributed by atoms with van der Waals surface area (Å²) < 4.78 is 0. The van der Waals surface area contributed by atoms with E-state index in [2.05, 4.69) is 20.8 Å². The van der Waals surface area contributed by atoms with Crippen molar-refractivity contribution in [2.45, 2.75) is 0 Å². The molecular weight excluding hydrogens is 304 g/mol. The third-order valence-electron chi connectivity index (χ3n) is 3.43. The predicted octanol–water partition coefficient (Wildman–Crippen LogP) is 2.45. The Kier molecular flexibility index (Phi) is 4.67. The number of aromatic nitrogens is 2. The number of hydrogen-bond donors (Lipinski definition) is 3. The quantitative estimate of drug-likeness (QED) is 0.675. The van der Waals surface area contributed by atoms with Gasteiger partial charge in [0.1, 0.15) is 0 Å². The van der Waals surface area contributed by atoms with Crippen LogP contribution in [0.4, 0.5) is 5.69 Å². The number of H-pyrrole nitrogens is 1. The maximum absolute atomic E-state index is 11.9. The fourth-order valence-corrected chi connectivity index (χ4v) is 2.21. The molecule has 6 heteroatoms. The van der Waals surface area contributed by atoms with E-state index in [0.29, 0.717) is 11.3 Å². The lowest BCUT2D eigenvalue weighted by molar-refractivity contribution is -0.115. The molecule has 0 aliphatic heterocycles. The van der Waals surface area contributed by atoms with Gasteiger partial charge in [0.2, 0.25) is 5.91 Å². The summed E-state index contributed by atoms with van der Waals surface area (Å²) in [5.41, 5.74) is 3.07. The molecule has 1 aromatic heterocycles. The molecule has 0 unspecified atom stereocenters. The zero-order chi connectivity index (χ0) is 16.8. The van der Waals surface area contributed by atoms with Gasteiger partial charge in [0, 0.05) is 17.4 Å². The van der Waals surface area contributed by atoms with Crippen LogP contribution in [-0.4, -0.2) is 28.6 Å². The standard InChI is InChI=1S/C18H16N4O2/c23-17(12-19-18(24)14-4-2-1-3-5-14)21-15-8-6-13(7-9-15)16-10-11-20-22-16/h1-11H,12H2,(H,19,24)(H,20,22)(H,21,23). The van der Waals surface area contributed by atoms with E-state index in [1.807, 2.05) is 24.3 Å². The number of nitrogens with zero attached hydrogens (tertiary/aromatic N) is 1. The van der Waals surface area contributed by atoms with Crippen LogP contribution in [0, 0.1) is 0 Å². The first-order valence-corrected chi connectivity index (χ1v) is 7.45. The van der Waals surface area contributed by atoms with Crippen LogP contribution in [0.15, 0.2) is 66.9 Å². The second kappa shape index (κ2) is 7.23. The highest BCUT2D eigenvalue weighted by molar-refractivity contribution is 5.99. The van der Waals surface area contributed by atoms with Crippen molar-refractivity contribution in [2.75, 3.05) is 11.9 Å². The van der Waals surface area contributed by atoms with Crippen molar-refractivity contribution < 1.29 is 9.59 Å². The monoisotopic (exact) mass is 320 g/mol. The highest BCUT2D eigenvalue weighted by Gasteiger charge is 2.08. The topological polar surface area (TPSA) is 86.9 Å². The minimum atomic E-state index is -0.284. The normalized spacial score (nSPS) is 10.2. The third-order valence-corrected chi connectivity index (χ3v) is 3.43. The average molecular weight is 320 g/mol. The van der Waals surface area contributed by atoms with E-state index in [-0.39, 0.29) is 18.4 Å². The molecule has 0 spiro atoms. The van der Waals surface area contributed by atoms with Crippen molar-refractivity contribution in [2.24, 2.45) is 0 Å². The van der Waals surface area contributed by atoms with Gasteiger partial charge in [-0.15, -0.1) is 0 Å². The lowest BCUT2D eigenvalue weighted by Crippen LogP contribution is -2.32. The number of benzene rings is 2. The molecule has 6 nitrogen and oxygen atoms in total. The van der Waals surface area contributed by atoms with Crippen LogP contribution in [0.1, 0.15) is 10.4 Å². The molecule has 0 bridgehead atoms. The molecule has 2 amide bonds. The molecule has 0 aliphatic rings. The highest BCUT2D eigenvalue weighted by Crippen LogP contribution is 2.18. The number of amides is 2. The van der Waals surface area contributed by atoms with E-state index >= 15 is 0 Å². The fourth-order valence-electron chi connectivity index (χ4n) is 2.21. The van der Waals surface area contributed by atoms with Crippen LogP contribution in [0.3, 0.4) is 0 Å². The Balaban J connectivity index is 1.52. The van der Waals surface area contributed by atoms with Gasteiger partial charge in [-0.25, -0.2) is 0 Å². The van der Waals surface area contributed by atoms with E-state index in [4.69, 9.17) is 0 Å². The maximum Gasteiger partial charge on any atom is 0.251 e. The number of hydrogen-bond acceptors (Lipinski definition) is 3. The van der Waals surface area contributed by atoms with Gasteiger partial charge >= 0.3 is 0 Å². The molecule has 3 rings (SSSR count). The van der Waals surface area contributed by atoms with Crippen molar-refractivity contribution in [1.29, 1.82) is 0 Å². The van der Waals surface area contributed by atoms with Gasteiger partial charge in [-0.2, -0.15) is 5.10 Å². The van der Waals surface area contributed by atoms with Gasteiger partial charge < -0.3 is 10.6 Å². The molecule has 0 saturated heterocycles. The summed E-state index contributed by atoms with van der Waals surface area (Å²) in [6, 6.07) is 18.0. The molecule has 3 N–H and O–H groups in total. The van der Waals surface area contributed by atoms with Crippen molar-refractivity contribution in [3.05, 3.63) is 72.4 Å². The van der Waals surface area contributed by atoms with Crippen molar-refractivity contribution in [3.63, 3.8) is 0 Å². The number of carbonyl (C=O) groups is 2. The Morgan fingerprint density at radius 3 is 2.38 bits per heavy atom. The molecule has 0 saturated carbocycles. The molecule has 0 atom stereocenters. The summed E-state index contributed by atoms with van der Waals surface area (Å²) in [5, 5.41) is 12.1. The van der Waals surface area contributed by atoms with Crippen LogP contribution < -0.4 is 10.6 Å². The number of anilines is 1. The van der Waals surface area contributed by atoms with Gasteiger partial charge in [0.15, 0.2) is 0 Å². The van der Waals surface area contributed by atoms with Gasteiger partial charge in [-0.3, -0.25) is 14.7 Å². The van der Waals surface area contributed by atoms with E-state index in [0.717, 1.165) is 11.3 Å². The molecule has 3 aromatic rings. The summed E-state index contributed by atoms with van der Waals surface area (Å²) in [5.74, 6) is -0.561. The van der Waals surface area contributed by atoms with Gasteiger partial charge in [-0.1, -0.05) is 30.3 Å². The van der Waals surface area contributed by atoms with Crippen LogP contribution in [0.5, 0.6) is 0 Å². The fraction of sp³-hybridized carbons (Fsp3) is 0.0556. The molecule has 1 heterocycles. The van der Waals surface area contributed by atoms with Crippen LogP contribution in [-0.2, 0) is 4.79 Å². The van der Waals surface area contributed by atoms with Crippen molar-refractivity contribution >= 4 is 17.5 Å². The first kappa shape index (κ1) is 15.5. The number of nitrogens with one attached hydrogen (secondary N) is 3. The average Bonchev–Trinajstić information content (AvgIpc) is 3.16. The van der Waals surface area contributed by atoms with E-state index in [1.54, 1.807) is 42.6 Å². The van der Waals surface area contributed by atoms with Crippen LogP contribution >= 0.6 is 0 Å². The van der Waals surface area contributed by atoms with Gasteiger partial charge in [-0.05, 0) is 35.9 Å². The van der Waals surface area contributed by atoms with Crippen LogP contribution in [0.2, 0.25) is 0 Å². The Hall–Kier alpha value is -3.41. The van der Waals surface area contributed by atoms with Gasteiger partial charge in [0.05, 0.1) is 12.2 Å². The molecule has 120 valence electrons. The smallest absolute Gasteiger partial charge is 0.251 e. The molecule has 0 radical (unpaired) electrons. The highest BCUT2D eigenvalue weighted by atomic mass is 16.2. The van der Waals surface area contributed by atoms with Crippen molar-refractivity contribution in [3.8, 4) is 11.3 Å². The third kappa shape index (κ3) is 3.86. The summed E-state index contributed by atoms with van der Waals surface area (Å²) in [7, 11) is 0. The summed E-state index contributed by atoms with van der Waals surface area (Å²) in [6.07, 6.45) is 1.68. The lowest BCUT2D eigenvalue weighted by atomic mass is 10.1.